The molecule has 0 bridgehead atoms. The van der Waals surface area contributed by atoms with E-state index >= 15 is 0 Å². The van der Waals surface area contributed by atoms with Gasteiger partial charge in [0.15, 0.2) is 11.6 Å². The molecule has 1 aliphatic heterocycles. The van der Waals surface area contributed by atoms with Crippen molar-refractivity contribution in [3.05, 3.63) is 35.4 Å². The first-order valence-electron chi connectivity index (χ1n) is 7.11. The fourth-order valence-corrected chi connectivity index (χ4v) is 3.93. The largest absolute Gasteiger partial charge is 0.352 e. The molecule has 1 aromatic carbocycles. The molecule has 1 amide bonds. The van der Waals surface area contributed by atoms with Gasteiger partial charge in [-0.1, -0.05) is 0 Å². The van der Waals surface area contributed by atoms with Crippen molar-refractivity contribution in [2.45, 2.75) is 19.3 Å². The molecule has 2 rings (SSSR count). The van der Waals surface area contributed by atoms with Crippen molar-refractivity contribution in [2.24, 2.45) is 0 Å². The average molecular weight is 332 g/mol. The van der Waals surface area contributed by atoms with Gasteiger partial charge in [-0.2, -0.15) is 0 Å². The molecule has 5 nitrogen and oxygen atoms in total. The van der Waals surface area contributed by atoms with E-state index in [1.807, 2.05) is 0 Å². The quantitative estimate of drug-likeness (QED) is 0.831. The Morgan fingerprint density at radius 3 is 2.68 bits per heavy atom. The van der Waals surface area contributed by atoms with E-state index in [4.69, 9.17) is 0 Å². The van der Waals surface area contributed by atoms with Crippen LogP contribution in [0.5, 0.6) is 0 Å². The minimum Gasteiger partial charge on any atom is -0.352 e. The summed E-state index contributed by atoms with van der Waals surface area (Å²) >= 11 is 0. The maximum atomic E-state index is 13.0. The number of carbonyl (C=O) groups excluding carboxylic acids is 1. The first-order valence-corrected chi connectivity index (χ1v) is 8.72. The molecule has 0 spiro atoms. The van der Waals surface area contributed by atoms with Crippen molar-refractivity contribution in [1.82, 2.24) is 9.62 Å². The lowest BCUT2D eigenvalue weighted by Crippen LogP contribution is -2.39. The highest BCUT2D eigenvalue weighted by atomic mass is 32.2. The molecule has 1 N–H and O–H groups in total. The molecule has 0 atom stereocenters. The van der Waals surface area contributed by atoms with Crippen LogP contribution in [0.2, 0.25) is 0 Å². The van der Waals surface area contributed by atoms with Crippen LogP contribution >= 0.6 is 0 Å². The molecule has 0 saturated carbocycles. The summed E-state index contributed by atoms with van der Waals surface area (Å²) in [5.74, 6) is -2.42. The monoisotopic (exact) mass is 332 g/mol. The lowest BCUT2D eigenvalue weighted by Gasteiger charge is -2.26. The number of sulfonamides is 1. The minimum atomic E-state index is -3.16. The number of benzene rings is 1. The fourth-order valence-electron chi connectivity index (χ4n) is 2.29. The number of carbonyl (C=O) groups is 1. The van der Waals surface area contributed by atoms with E-state index in [-0.39, 0.29) is 17.9 Å². The minimum absolute atomic E-state index is 0.0319. The van der Waals surface area contributed by atoms with Gasteiger partial charge in [0.2, 0.25) is 10.0 Å². The molecule has 0 aromatic heterocycles. The molecule has 1 aromatic rings. The molecular weight excluding hydrogens is 314 g/mol. The maximum Gasteiger partial charge on any atom is 0.251 e. The summed E-state index contributed by atoms with van der Waals surface area (Å²) in [7, 11) is -3.16. The summed E-state index contributed by atoms with van der Waals surface area (Å²) in [6, 6.07) is 2.92. The molecule has 0 unspecified atom stereocenters. The van der Waals surface area contributed by atoms with Crippen molar-refractivity contribution in [3.63, 3.8) is 0 Å². The molecule has 1 fully saturated rings. The van der Waals surface area contributed by atoms with Gasteiger partial charge in [0, 0.05) is 25.2 Å². The lowest BCUT2D eigenvalue weighted by atomic mass is 10.2. The van der Waals surface area contributed by atoms with Crippen LogP contribution in [0, 0.1) is 11.6 Å². The van der Waals surface area contributed by atoms with Gasteiger partial charge < -0.3 is 5.32 Å². The summed E-state index contributed by atoms with van der Waals surface area (Å²) in [5, 5.41) is 2.56. The fraction of sp³-hybridized carbons (Fsp3) is 0.500. The van der Waals surface area contributed by atoms with Crippen LogP contribution in [0.3, 0.4) is 0 Å². The zero-order valence-corrected chi connectivity index (χ0v) is 12.8. The van der Waals surface area contributed by atoms with E-state index in [9.17, 15) is 22.0 Å². The highest BCUT2D eigenvalue weighted by Crippen LogP contribution is 2.13. The Bertz CT molecular complexity index is 649. The van der Waals surface area contributed by atoms with Crippen molar-refractivity contribution < 1.29 is 22.0 Å². The zero-order chi connectivity index (χ0) is 16.2. The summed E-state index contributed by atoms with van der Waals surface area (Å²) in [6.07, 6.45) is 2.00. The second-order valence-electron chi connectivity index (χ2n) is 5.16. The highest BCUT2D eigenvalue weighted by molar-refractivity contribution is 7.89. The first-order chi connectivity index (χ1) is 10.4. The predicted octanol–water partition coefficient (Wildman–Crippen LogP) is 1.51. The second-order valence-corrected chi connectivity index (χ2v) is 7.25. The van der Waals surface area contributed by atoms with Gasteiger partial charge in [0.05, 0.1) is 5.75 Å². The van der Waals surface area contributed by atoms with Gasteiger partial charge in [0.25, 0.3) is 5.91 Å². The van der Waals surface area contributed by atoms with Crippen molar-refractivity contribution in [2.75, 3.05) is 25.4 Å². The summed E-state index contributed by atoms with van der Waals surface area (Å²) in [5.41, 5.74) is 0.0319. The second kappa shape index (κ2) is 7.15. The van der Waals surface area contributed by atoms with Gasteiger partial charge in [-0.15, -0.1) is 0 Å². The third-order valence-corrected chi connectivity index (χ3v) is 5.46. The van der Waals surface area contributed by atoms with Crippen molar-refractivity contribution in [3.8, 4) is 0 Å². The summed E-state index contributed by atoms with van der Waals surface area (Å²) in [4.78, 5) is 11.8. The first kappa shape index (κ1) is 16.8. The molecule has 0 radical (unpaired) electrons. The molecule has 1 saturated heterocycles. The Kier molecular flexibility index (Phi) is 5.47. The SMILES string of the molecule is O=C(NCCCN1CCCCS1(=O)=O)c1ccc(F)c(F)c1. The number of amides is 1. The van der Waals surface area contributed by atoms with Crippen LogP contribution in [-0.2, 0) is 10.0 Å². The number of nitrogens with zero attached hydrogens (tertiary/aromatic N) is 1. The normalized spacial score (nSPS) is 18.1. The smallest absolute Gasteiger partial charge is 0.251 e. The van der Waals surface area contributed by atoms with Gasteiger partial charge in [-0.25, -0.2) is 21.5 Å². The van der Waals surface area contributed by atoms with Crippen LogP contribution in [0.1, 0.15) is 29.6 Å². The maximum absolute atomic E-state index is 13.0. The average Bonchev–Trinajstić information content (AvgIpc) is 2.47. The molecule has 0 aliphatic carbocycles. The van der Waals surface area contributed by atoms with Crippen molar-refractivity contribution >= 4 is 15.9 Å². The topological polar surface area (TPSA) is 66.5 Å². The number of hydrogen-bond acceptors (Lipinski definition) is 3. The third kappa shape index (κ3) is 4.23. The van der Waals surface area contributed by atoms with Crippen LogP contribution in [0.4, 0.5) is 8.78 Å². The molecular formula is C14H18F2N2O3S. The zero-order valence-electron chi connectivity index (χ0n) is 12.0. The number of nitrogens with one attached hydrogen (secondary N) is 1. The Balaban J connectivity index is 1.78. The molecule has 122 valence electrons. The van der Waals surface area contributed by atoms with E-state index in [0.29, 0.717) is 25.9 Å². The van der Waals surface area contributed by atoms with E-state index < -0.39 is 27.6 Å². The Morgan fingerprint density at radius 2 is 2.00 bits per heavy atom. The van der Waals surface area contributed by atoms with E-state index in [1.165, 1.54) is 10.4 Å². The lowest BCUT2D eigenvalue weighted by molar-refractivity contribution is 0.0952. The summed E-state index contributed by atoms with van der Waals surface area (Å²) in [6.45, 7) is 1.13. The highest BCUT2D eigenvalue weighted by Gasteiger charge is 2.24. The Morgan fingerprint density at radius 1 is 1.23 bits per heavy atom. The number of halogens is 2. The number of hydrogen-bond donors (Lipinski definition) is 1. The van der Waals surface area contributed by atoms with E-state index in [0.717, 1.165) is 18.6 Å². The predicted molar refractivity (Wildman–Crippen MR) is 77.9 cm³/mol. The van der Waals surface area contributed by atoms with Crippen LogP contribution in [0.25, 0.3) is 0 Å². The Labute approximate surface area is 128 Å². The van der Waals surface area contributed by atoms with Crippen molar-refractivity contribution in [1.29, 1.82) is 0 Å². The molecule has 22 heavy (non-hydrogen) atoms. The molecule has 1 heterocycles. The third-order valence-electron chi connectivity index (χ3n) is 3.50. The Hall–Kier alpha value is -1.54. The van der Waals surface area contributed by atoms with Crippen LogP contribution in [-0.4, -0.2) is 44.0 Å². The van der Waals surface area contributed by atoms with Gasteiger partial charge in [-0.3, -0.25) is 4.79 Å². The molecule has 8 heteroatoms. The standard InChI is InChI=1S/C14H18F2N2O3S/c15-12-5-4-11(10-13(12)16)14(19)17-6-3-8-18-7-1-2-9-22(18,20)21/h4-5,10H,1-3,6-9H2,(H,17,19). The summed E-state index contributed by atoms with van der Waals surface area (Å²) < 4.78 is 50.8. The van der Waals surface area contributed by atoms with Gasteiger partial charge in [0.1, 0.15) is 0 Å². The van der Waals surface area contributed by atoms with E-state index in [1.54, 1.807) is 0 Å². The molecule has 1 aliphatic rings. The van der Waals surface area contributed by atoms with Crippen LogP contribution < -0.4 is 5.32 Å². The number of rotatable bonds is 5. The van der Waals surface area contributed by atoms with Gasteiger partial charge >= 0.3 is 0 Å². The van der Waals surface area contributed by atoms with Crippen LogP contribution in [0.15, 0.2) is 18.2 Å². The van der Waals surface area contributed by atoms with E-state index in [2.05, 4.69) is 5.32 Å². The van der Waals surface area contributed by atoms with Gasteiger partial charge in [-0.05, 0) is 37.5 Å².